The highest BCUT2D eigenvalue weighted by Crippen LogP contribution is 2.26. The summed E-state index contributed by atoms with van der Waals surface area (Å²) in [5, 5.41) is 2.80. The zero-order chi connectivity index (χ0) is 16.1. The van der Waals surface area contributed by atoms with Crippen molar-refractivity contribution in [2.75, 3.05) is 5.32 Å². The Morgan fingerprint density at radius 1 is 1.13 bits per heavy atom. The number of halogens is 1. The lowest BCUT2D eigenvalue weighted by Crippen LogP contribution is -2.32. The van der Waals surface area contributed by atoms with E-state index < -0.39 is 6.04 Å². The highest BCUT2D eigenvalue weighted by Gasteiger charge is 2.11. The molecule has 0 saturated heterocycles. The molecule has 23 heavy (non-hydrogen) atoms. The van der Waals surface area contributed by atoms with E-state index in [0.717, 1.165) is 22.6 Å². The van der Waals surface area contributed by atoms with E-state index in [-0.39, 0.29) is 24.4 Å². The van der Waals surface area contributed by atoms with Gasteiger partial charge in [-0.05, 0) is 50.1 Å². The molecule has 2 aromatic carbocycles. The van der Waals surface area contributed by atoms with Crippen molar-refractivity contribution in [1.82, 2.24) is 0 Å². The first kappa shape index (κ1) is 19.0. The summed E-state index contributed by atoms with van der Waals surface area (Å²) in [7, 11) is 0. The number of hydrogen-bond donors (Lipinski definition) is 2. The molecule has 0 aliphatic heterocycles. The smallest absolute Gasteiger partial charge is 0.241 e. The first-order valence-corrected chi connectivity index (χ1v) is 7.36. The fraction of sp³-hybridized carbons (Fsp3) is 0.278. The van der Waals surface area contributed by atoms with Crippen LogP contribution in [0.3, 0.4) is 0 Å². The Morgan fingerprint density at radius 2 is 1.78 bits per heavy atom. The SMILES string of the molecule is Cc1cc(OC(C)c2ccccc2)ccc1NC(=O)[C@@H](C)N.Cl. The molecular weight excluding hydrogens is 312 g/mol. The monoisotopic (exact) mass is 334 g/mol. The summed E-state index contributed by atoms with van der Waals surface area (Å²) in [5.74, 6) is 0.571. The Kier molecular flexibility index (Phi) is 7.07. The normalized spacial score (nSPS) is 12.7. The Morgan fingerprint density at radius 3 is 2.35 bits per heavy atom. The van der Waals surface area contributed by atoms with Crippen molar-refractivity contribution in [2.24, 2.45) is 5.73 Å². The first-order valence-electron chi connectivity index (χ1n) is 7.36. The third-order valence-corrected chi connectivity index (χ3v) is 3.45. The molecule has 3 N–H and O–H groups in total. The molecule has 1 amide bonds. The third-order valence-electron chi connectivity index (χ3n) is 3.45. The average molecular weight is 335 g/mol. The van der Waals surface area contributed by atoms with Crippen LogP contribution >= 0.6 is 12.4 Å². The van der Waals surface area contributed by atoms with Crippen LogP contribution in [0.2, 0.25) is 0 Å². The molecule has 5 heteroatoms. The van der Waals surface area contributed by atoms with Crippen molar-refractivity contribution in [3.8, 4) is 5.75 Å². The van der Waals surface area contributed by atoms with E-state index in [1.807, 2.05) is 62.4 Å². The number of nitrogens with one attached hydrogen (secondary N) is 1. The van der Waals surface area contributed by atoms with E-state index in [9.17, 15) is 4.79 Å². The zero-order valence-electron chi connectivity index (χ0n) is 13.6. The van der Waals surface area contributed by atoms with Crippen LogP contribution in [0, 0.1) is 6.92 Å². The summed E-state index contributed by atoms with van der Waals surface area (Å²) in [6, 6.07) is 15.1. The second kappa shape index (κ2) is 8.56. The number of carbonyl (C=O) groups is 1. The van der Waals surface area contributed by atoms with Crippen LogP contribution in [0.25, 0.3) is 0 Å². The van der Waals surface area contributed by atoms with Gasteiger partial charge in [0.1, 0.15) is 11.9 Å². The number of ether oxygens (including phenoxy) is 1. The van der Waals surface area contributed by atoms with Crippen LogP contribution in [-0.4, -0.2) is 11.9 Å². The number of aryl methyl sites for hydroxylation is 1. The summed E-state index contributed by atoms with van der Waals surface area (Å²) in [6.45, 7) is 5.59. The molecular formula is C18H23ClN2O2. The van der Waals surface area contributed by atoms with Gasteiger partial charge in [0.2, 0.25) is 5.91 Å². The molecule has 0 heterocycles. The average Bonchev–Trinajstić information content (AvgIpc) is 2.50. The van der Waals surface area contributed by atoms with Crippen LogP contribution in [0.4, 0.5) is 5.69 Å². The van der Waals surface area contributed by atoms with E-state index in [0.29, 0.717) is 0 Å². The van der Waals surface area contributed by atoms with Crippen molar-refractivity contribution in [2.45, 2.75) is 32.9 Å². The zero-order valence-corrected chi connectivity index (χ0v) is 14.4. The first-order chi connectivity index (χ1) is 10.5. The lowest BCUT2D eigenvalue weighted by atomic mass is 10.1. The molecule has 4 nitrogen and oxygen atoms in total. The maximum Gasteiger partial charge on any atom is 0.241 e. The van der Waals surface area contributed by atoms with Gasteiger partial charge in [0.15, 0.2) is 0 Å². The van der Waals surface area contributed by atoms with Gasteiger partial charge in [-0.2, -0.15) is 0 Å². The number of carbonyl (C=O) groups excluding carboxylic acids is 1. The molecule has 2 atom stereocenters. The minimum atomic E-state index is -0.534. The summed E-state index contributed by atoms with van der Waals surface area (Å²) in [4.78, 5) is 11.6. The van der Waals surface area contributed by atoms with E-state index in [1.54, 1.807) is 6.92 Å². The summed E-state index contributed by atoms with van der Waals surface area (Å²) in [5.41, 5.74) is 8.37. The summed E-state index contributed by atoms with van der Waals surface area (Å²) < 4.78 is 5.95. The van der Waals surface area contributed by atoms with Crippen LogP contribution < -0.4 is 15.8 Å². The predicted octanol–water partition coefficient (Wildman–Crippen LogP) is 3.84. The van der Waals surface area contributed by atoms with Gasteiger partial charge in [-0.1, -0.05) is 30.3 Å². The van der Waals surface area contributed by atoms with Gasteiger partial charge in [0, 0.05) is 5.69 Å². The third kappa shape index (κ3) is 5.27. The summed E-state index contributed by atoms with van der Waals surface area (Å²) >= 11 is 0. The summed E-state index contributed by atoms with van der Waals surface area (Å²) in [6.07, 6.45) is -0.0369. The van der Waals surface area contributed by atoms with Gasteiger partial charge in [0.25, 0.3) is 0 Å². The Bertz CT molecular complexity index is 645. The van der Waals surface area contributed by atoms with Crippen LogP contribution in [-0.2, 0) is 4.79 Å². The minimum absolute atomic E-state index is 0. The van der Waals surface area contributed by atoms with Gasteiger partial charge in [-0.15, -0.1) is 12.4 Å². The van der Waals surface area contributed by atoms with Crippen molar-refractivity contribution < 1.29 is 9.53 Å². The quantitative estimate of drug-likeness (QED) is 0.873. The topological polar surface area (TPSA) is 64.3 Å². The van der Waals surface area contributed by atoms with Crippen molar-refractivity contribution in [1.29, 1.82) is 0 Å². The highest BCUT2D eigenvalue weighted by molar-refractivity contribution is 5.95. The number of nitrogens with two attached hydrogens (primary N) is 1. The molecule has 2 aromatic rings. The number of benzene rings is 2. The number of rotatable bonds is 5. The van der Waals surface area contributed by atoms with Crippen molar-refractivity contribution in [3.05, 3.63) is 59.7 Å². The van der Waals surface area contributed by atoms with Gasteiger partial charge in [-0.25, -0.2) is 0 Å². The fourth-order valence-electron chi connectivity index (χ4n) is 2.09. The Balaban J connectivity index is 0.00000264. The lowest BCUT2D eigenvalue weighted by molar-refractivity contribution is -0.117. The molecule has 124 valence electrons. The molecule has 0 aliphatic rings. The maximum atomic E-state index is 11.6. The Labute approximate surface area is 143 Å². The number of amides is 1. The van der Waals surface area contributed by atoms with Crippen molar-refractivity contribution >= 4 is 24.0 Å². The molecule has 0 bridgehead atoms. The van der Waals surface area contributed by atoms with E-state index in [4.69, 9.17) is 10.5 Å². The van der Waals surface area contributed by atoms with Crippen molar-refractivity contribution in [3.63, 3.8) is 0 Å². The largest absolute Gasteiger partial charge is 0.486 e. The molecule has 0 saturated carbocycles. The Hall–Kier alpha value is -2.04. The van der Waals surface area contributed by atoms with Gasteiger partial charge >= 0.3 is 0 Å². The molecule has 2 rings (SSSR count). The molecule has 0 aromatic heterocycles. The lowest BCUT2D eigenvalue weighted by Gasteiger charge is -2.17. The van der Waals surface area contributed by atoms with Gasteiger partial charge in [0.05, 0.1) is 6.04 Å². The van der Waals surface area contributed by atoms with Crippen LogP contribution in [0.5, 0.6) is 5.75 Å². The maximum absolute atomic E-state index is 11.6. The van der Waals surface area contributed by atoms with Gasteiger partial charge in [-0.3, -0.25) is 4.79 Å². The van der Waals surface area contributed by atoms with E-state index >= 15 is 0 Å². The fourth-order valence-corrected chi connectivity index (χ4v) is 2.09. The molecule has 0 aliphatic carbocycles. The highest BCUT2D eigenvalue weighted by atomic mass is 35.5. The second-order valence-electron chi connectivity index (χ2n) is 5.43. The minimum Gasteiger partial charge on any atom is -0.486 e. The standard InChI is InChI=1S/C18H22N2O2.ClH/c1-12-11-16(9-10-17(12)20-18(21)13(2)19)22-14(3)15-7-5-4-6-8-15;/h4-11,13-14H,19H2,1-3H3,(H,20,21);1H/t13-,14?;/m1./s1. The molecule has 1 unspecified atom stereocenters. The predicted molar refractivity (Wildman–Crippen MR) is 96.2 cm³/mol. The molecule has 0 radical (unpaired) electrons. The van der Waals surface area contributed by atoms with Crippen LogP contribution in [0.1, 0.15) is 31.1 Å². The van der Waals surface area contributed by atoms with E-state index in [1.165, 1.54) is 0 Å². The van der Waals surface area contributed by atoms with Crippen LogP contribution in [0.15, 0.2) is 48.5 Å². The number of anilines is 1. The number of hydrogen-bond acceptors (Lipinski definition) is 3. The van der Waals surface area contributed by atoms with Gasteiger partial charge < -0.3 is 15.8 Å². The molecule has 0 spiro atoms. The molecule has 0 fully saturated rings. The second-order valence-corrected chi connectivity index (χ2v) is 5.43. The van der Waals surface area contributed by atoms with E-state index in [2.05, 4.69) is 5.32 Å².